The number of nitrogens with one attached hydrogen (secondary N) is 1. The number of rotatable bonds is 5. The van der Waals surface area contributed by atoms with Crippen molar-refractivity contribution in [3.63, 3.8) is 0 Å². The van der Waals surface area contributed by atoms with Gasteiger partial charge >= 0.3 is 0 Å². The van der Waals surface area contributed by atoms with Crippen LogP contribution in [0.3, 0.4) is 0 Å². The molecule has 0 saturated heterocycles. The molecule has 2 aromatic carbocycles. The number of carbonyl (C=O) groups is 2. The van der Waals surface area contributed by atoms with E-state index in [0.717, 1.165) is 5.56 Å². The molecule has 1 N–H and O–H groups in total. The molecule has 116 valence electrons. The largest absolute Gasteiger partial charge is 0.329 e. The lowest BCUT2D eigenvalue weighted by Crippen LogP contribution is -2.36. The highest BCUT2D eigenvalue weighted by atomic mass is 16.2. The minimum atomic E-state index is -0.300. The van der Waals surface area contributed by atoms with Crippen molar-refractivity contribution in [1.29, 1.82) is 5.26 Å². The number of nitriles is 1. The van der Waals surface area contributed by atoms with Crippen LogP contribution in [0.25, 0.3) is 0 Å². The third-order valence-corrected chi connectivity index (χ3v) is 3.27. The highest BCUT2D eigenvalue weighted by Crippen LogP contribution is 2.10. The van der Waals surface area contributed by atoms with Gasteiger partial charge in [0.1, 0.15) is 6.54 Å². The molecule has 0 unspecified atom stereocenters. The van der Waals surface area contributed by atoms with Gasteiger partial charge in [-0.1, -0.05) is 36.4 Å². The average Bonchev–Trinajstić information content (AvgIpc) is 2.55. The van der Waals surface area contributed by atoms with E-state index in [9.17, 15) is 9.59 Å². The molecule has 0 aromatic heterocycles. The molecule has 0 aliphatic heterocycles. The highest BCUT2D eigenvalue weighted by molar-refractivity contribution is 5.94. The molecular weight excluding hydrogens is 290 g/mol. The van der Waals surface area contributed by atoms with Crippen LogP contribution in [-0.2, 0) is 16.1 Å². The molecule has 0 spiro atoms. The SMILES string of the molecule is CC(=O)N(CC(=O)Nc1cccc(C#N)c1)Cc1ccccc1. The molecule has 0 heterocycles. The van der Waals surface area contributed by atoms with E-state index in [0.29, 0.717) is 17.8 Å². The minimum Gasteiger partial charge on any atom is -0.329 e. The summed E-state index contributed by atoms with van der Waals surface area (Å²) in [5, 5.41) is 11.6. The Hall–Kier alpha value is -3.13. The van der Waals surface area contributed by atoms with E-state index >= 15 is 0 Å². The lowest BCUT2D eigenvalue weighted by atomic mass is 10.2. The van der Waals surface area contributed by atoms with Crippen molar-refractivity contribution in [1.82, 2.24) is 4.90 Å². The Morgan fingerprint density at radius 2 is 1.87 bits per heavy atom. The van der Waals surface area contributed by atoms with Gasteiger partial charge in [0.15, 0.2) is 0 Å². The van der Waals surface area contributed by atoms with E-state index in [1.54, 1.807) is 24.3 Å². The Balaban J connectivity index is 2.00. The summed E-state index contributed by atoms with van der Waals surface area (Å²) in [5.41, 5.74) is 1.97. The molecule has 2 rings (SSSR count). The number of carbonyl (C=O) groups excluding carboxylic acids is 2. The quantitative estimate of drug-likeness (QED) is 0.922. The summed E-state index contributed by atoms with van der Waals surface area (Å²) in [5.74, 6) is -0.471. The first-order valence-corrected chi connectivity index (χ1v) is 7.18. The summed E-state index contributed by atoms with van der Waals surface area (Å²) in [4.78, 5) is 25.3. The van der Waals surface area contributed by atoms with Crippen molar-refractivity contribution >= 4 is 17.5 Å². The standard InChI is InChI=1S/C18H17N3O2/c1-14(22)21(12-15-6-3-2-4-7-15)13-18(23)20-17-9-5-8-16(10-17)11-19/h2-10H,12-13H2,1H3,(H,20,23). The van der Waals surface area contributed by atoms with Crippen LogP contribution >= 0.6 is 0 Å². The molecule has 23 heavy (non-hydrogen) atoms. The lowest BCUT2D eigenvalue weighted by molar-refractivity contribution is -0.133. The summed E-state index contributed by atoms with van der Waals surface area (Å²) in [6.07, 6.45) is 0. The van der Waals surface area contributed by atoms with E-state index in [-0.39, 0.29) is 18.4 Å². The van der Waals surface area contributed by atoms with E-state index in [4.69, 9.17) is 5.26 Å². The Labute approximate surface area is 135 Å². The molecule has 5 heteroatoms. The molecular formula is C18H17N3O2. The second-order valence-electron chi connectivity index (χ2n) is 5.10. The maximum absolute atomic E-state index is 12.1. The molecule has 0 atom stereocenters. The molecule has 0 saturated carbocycles. The van der Waals surface area contributed by atoms with Crippen LogP contribution in [0.5, 0.6) is 0 Å². The van der Waals surface area contributed by atoms with Gasteiger partial charge in [-0.2, -0.15) is 5.26 Å². The van der Waals surface area contributed by atoms with Gasteiger partial charge in [0.05, 0.1) is 11.6 Å². The number of nitrogens with zero attached hydrogens (tertiary/aromatic N) is 2. The van der Waals surface area contributed by atoms with E-state index in [1.807, 2.05) is 36.4 Å². The summed E-state index contributed by atoms with van der Waals surface area (Å²) in [6, 6.07) is 18.2. The summed E-state index contributed by atoms with van der Waals surface area (Å²) < 4.78 is 0. The lowest BCUT2D eigenvalue weighted by Gasteiger charge is -2.20. The maximum atomic E-state index is 12.1. The molecule has 5 nitrogen and oxygen atoms in total. The number of hydrogen-bond acceptors (Lipinski definition) is 3. The van der Waals surface area contributed by atoms with Gasteiger partial charge in [-0.15, -0.1) is 0 Å². The number of amides is 2. The molecule has 2 aromatic rings. The first-order valence-electron chi connectivity index (χ1n) is 7.18. The van der Waals surface area contributed by atoms with Gasteiger partial charge in [-0.3, -0.25) is 9.59 Å². The highest BCUT2D eigenvalue weighted by Gasteiger charge is 2.14. The Bertz CT molecular complexity index is 735. The van der Waals surface area contributed by atoms with Crippen LogP contribution in [0, 0.1) is 11.3 Å². The third kappa shape index (κ3) is 4.97. The fraction of sp³-hybridized carbons (Fsp3) is 0.167. The van der Waals surface area contributed by atoms with Crippen LogP contribution in [0.2, 0.25) is 0 Å². The van der Waals surface area contributed by atoms with E-state index in [2.05, 4.69) is 5.32 Å². The van der Waals surface area contributed by atoms with Crippen molar-refractivity contribution < 1.29 is 9.59 Å². The van der Waals surface area contributed by atoms with Gasteiger partial charge < -0.3 is 10.2 Å². The normalized spacial score (nSPS) is 9.74. The molecule has 0 radical (unpaired) electrons. The molecule has 0 aliphatic rings. The predicted octanol–water partition coefficient (Wildman–Crippen LogP) is 2.55. The van der Waals surface area contributed by atoms with E-state index in [1.165, 1.54) is 11.8 Å². The zero-order chi connectivity index (χ0) is 16.7. The first-order chi connectivity index (χ1) is 11.1. The van der Waals surface area contributed by atoms with Gasteiger partial charge in [0, 0.05) is 19.2 Å². The van der Waals surface area contributed by atoms with E-state index < -0.39 is 0 Å². The van der Waals surface area contributed by atoms with Crippen LogP contribution in [0.1, 0.15) is 18.1 Å². The van der Waals surface area contributed by atoms with Crippen molar-refractivity contribution in [2.75, 3.05) is 11.9 Å². The van der Waals surface area contributed by atoms with Crippen molar-refractivity contribution in [3.05, 3.63) is 65.7 Å². The number of anilines is 1. The molecule has 0 bridgehead atoms. The average molecular weight is 307 g/mol. The van der Waals surface area contributed by atoms with Crippen LogP contribution in [0.4, 0.5) is 5.69 Å². The third-order valence-electron chi connectivity index (χ3n) is 3.27. The molecule has 2 amide bonds. The summed E-state index contributed by atoms with van der Waals surface area (Å²) >= 11 is 0. The second kappa shape index (κ2) is 7.76. The van der Waals surface area contributed by atoms with Crippen LogP contribution in [0.15, 0.2) is 54.6 Å². The maximum Gasteiger partial charge on any atom is 0.244 e. The van der Waals surface area contributed by atoms with Crippen molar-refractivity contribution in [3.8, 4) is 6.07 Å². The summed E-state index contributed by atoms with van der Waals surface area (Å²) in [6.45, 7) is 1.77. The minimum absolute atomic E-state index is 0.0407. The smallest absolute Gasteiger partial charge is 0.244 e. The van der Waals surface area contributed by atoms with Crippen LogP contribution in [-0.4, -0.2) is 23.3 Å². The molecule has 0 aliphatic carbocycles. The summed E-state index contributed by atoms with van der Waals surface area (Å²) in [7, 11) is 0. The predicted molar refractivity (Wildman–Crippen MR) is 87.3 cm³/mol. The zero-order valence-corrected chi connectivity index (χ0v) is 12.8. The topological polar surface area (TPSA) is 73.2 Å². The molecule has 0 fully saturated rings. The van der Waals surface area contributed by atoms with Crippen molar-refractivity contribution in [2.24, 2.45) is 0 Å². The first kappa shape index (κ1) is 16.2. The zero-order valence-electron chi connectivity index (χ0n) is 12.8. The monoisotopic (exact) mass is 307 g/mol. The Kier molecular flexibility index (Phi) is 5.48. The fourth-order valence-electron chi connectivity index (χ4n) is 2.12. The van der Waals surface area contributed by atoms with Gasteiger partial charge in [-0.05, 0) is 23.8 Å². The number of hydrogen-bond donors (Lipinski definition) is 1. The Morgan fingerprint density at radius 1 is 1.13 bits per heavy atom. The second-order valence-corrected chi connectivity index (χ2v) is 5.10. The Morgan fingerprint density at radius 3 is 2.52 bits per heavy atom. The van der Waals surface area contributed by atoms with Crippen molar-refractivity contribution in [2.45, 2.75) is 13.5 Å². The van der Waals surface area contributed by atoms with Crippen LogP contribution < -0.4 is 5.32 Å². The number of benzene rings is 2. The van der Waals surface area contributed by atoms with Gasteiger partial charge in [0.2, 0.25) is 11.8 Å². The van der Waals surface area contributed by atoms with Gasteiger partial charge in [0.25, 0.3) is 0 Å². The van der Waals surface area contributed by atoms with Gasteiger partial charge in [-0.25, -0.2) is 0 Å². The fourth-order valence-corrected chi connectivity index (χ4v) is 2.12.